The normalized spacial score (nSPS) is 17.8. The maximum atomic E-state index is 11.8. The number of hydrogen-bond donors (Lipinski definition) is 2. The summed E-state index contributed by atoms with van der Waals surface area (Å²) >= 11 is 0. The fourth-order valence-electron chi connectivity index (χ4n) is 2.29. The van der Waals surface area contributed by atoms with Crippen LogP contribution in [0.15, 0.2) is 24.3 Å². The molecule has 4 nitrogen and oxygen atoms in total. The molecule has 1 aromatic carbocycles. The van der Waals surface area contributed by atoms with Crippen LogP contribution in [0.5, 0.6) is 0 Å². The highest BCUT2D eigenvalue weighted by Crippen LogP contribution is 2.23. The van der Waals surface area contributed by atoms with E-state index in [2.05, 4.69) is 5.32 Å². The fraction of sp³-hybridized carbons (Fsp3) is 0.533. The van der Waals surface area contributed by atoms with Crippen molar-refractivity contribution in [2.45, 2.75) is 32.4 Å². The predicted octanol–water partition coefficient (Wildman–Crippen LogP) is 1.07. The molecule has 1 aromatic rings. The molecule has 0 bridgehead atoms. The Morgan fingerprint density at radius 3 is 2.58 bits per heavy atom. The molecule has 1 aliphatic rings. The van der Waals surface area contributed by atoms with E-state index in [1.165, 1.54) is 5.56 Å². The summed E-state index contributed by atoms with van der Waals surface area (Å²) in [6, 6.07) is 8.13. The number of aliphatic hydroxyl groups is 1. The van der Waals surface area contributed by atoms with Crippen molar-refractivity contribution in [3.63, 3.8) is 0 Å². The van der Waals surface area contributed by atoms with Crippen molar-refractivity contribution in [3.05, 3.63) is 35.4 Å². The molecule has 1 heterocycles. The average molecular weight is 262 g/mol. The maximum absolute atomic E-state index is 11.8. The van der Waals surface area contributed by atoms with Crippen molar-refractivity contribution in [1.29, 1.82) is 0 Å². The van der Waals surface area contributed by atoms with E-state index in [0.717, 1.165) is 12.0 Å². The van der Waals surface area contributed by atoms with Gasteiger partial charge in [-0.3, -0.25) is 9.69 Å². The predicted molar refractivity (Wildman–Crippen MR) is 74.7 cm³/mol. The minimum Gasteiger partial charge on any atom is -0.387 e. The Bertz CT molecular complexity index is 436. The molecule has 0 aliphatic carbocycles. The minimum atomic E-state index is -0.572. The molecule has 19 heavy (non-hydrogen) atoms. The van der Waals surface area contributed by atoms with Gasteiger partial charge in [0, 0.05) is 19.6 Å². The Morgan fingerprint density at radius 1 is 1.37 bits per heavy atom. The molecular formula is C15H22N2O2. The van der Waals surface area contributed by atoms with Gasteiger partial charge >= 0.3 is 0 Å². The molecule has 0 aromatic heterocycles. The second-order valence-electron chi connectivity index (χ2n) is 5.49. The van der Waals surface area contributed by atoms with Crippen LogP contribution < -0.4 is 5.32 Å². The van der Waals surface area contributed by atoms with Crippen LogP contribution in [-0.4, -0.2) is 41.1 Å². The Labute approximate surface area is 114 Å². The van der Waals surface area contributed by atoms with Gasteiger partial charge in [-0.25, -0.2) is 0 Å². The van der Waals surface area contributed by atoms with E-state index in [0.29, 0.717) is 26.2 Å². The first kappa shape index (κ1) is 14.0. The number of amides is 1. The van der Waals surface area contributed by atoms with Crippen LogP contribution in [0, 0.1) is 6.92 Å². The van der Waals surface area contributed by atoms with E-state index in [4.69, 9.17) is 0 Å². The number of likely N-dealkylation sites (tertiary alicyclic amines) is 1. The summed E-state index contributed by atoms with van der Waals surface area (Å²) in [7, 11) is 0. The number of carbonyl (C=O) groups is 1. The number of carbonyl (C=O) groups excluding carboxylic acids is 1. The first-order chi connectivity index (χ1) is 9.00. The third-order valence-electron chi connectivity index (χ3n) is 3.67. The lowest BCUT2D eigenvalue weighted by Crippen LogP contribution is -2.62. The summed E-state index contributed by atoms with van der Waals surface area (Å²) in [5.74, 6) is 0.0127. The highest BCUT2D eigenvalue weighted by molar-refractivity contribution is 5.78. The fourth-order valence-corrected chi connectivity index (χ4v) is 2.29. The number of nitrogens with zero attached hydrogens (tertiary/aromatic N) is 1. The smallest absolute Gasteiger partial charge is 0.234 e. The van der Waals surface area contributed by atoms with Crippen LogP contribution in [0.3, 0.4) is 0 Å². The zero-order valence-corrected chi connectivity index (χ0v) is 11.6. The van der Waals surface area contributed by atoms with Gasteiger partial charge in [0.2, 0.25) is 5.91 Å². The van der Waals surface area contributed by atoms with Crippen LogP contribution >= 0.6 is 0 Å². The van der Waals surface area contributed by atoms with Gasteiger partial charge in [-0.15, -0.1) is 0 Å². The SMILES string of the molecule is CCC1(O)CN(CC(=O)NCc2ccc(C)cc2)C1. The quantitative estimate of drug-likeness (QED) is 0.834. The standard InChI is InChI=1S/C15H22N2O2/c1-3-15(19)10-17(11-15)9-14(18)16-8-13-6-4-12(2)5-7-13/h4-7,19H,3,8-11H2,1-2H3,(H,16,18). The van der Waals surface area contributed by atoms with E-state index < -0.39 is 5.60 Å². The summed E-state index contributed by atoms with van der Waals surface area (Å²) < 4.78 is 0. The molecule has 1 amide bonds. The van der Waals surface area contributed by atoms with Gasteiger partial charge < -0.3 is 10.4 Å². The van der Waals surface area contributed by atoms with Gasteiger partial charge in [0.05, 0.1) is 12.1 Å². The second kappa shape index (κ2) is 5.72. The molecule has 104 valence electrons. The molecule has 2 N–H and O–H groups in total. The van der Waals surface area contributed by atoms with Crippen molar-refractivity contribution in [3.8, 4) is 0 Å². The summed E-state index contributed by atoms with van der Waals surface area (Å²) in [4.78, 5) is 13.7. The molecule has 1 aliphatic heterocycles. The number of rotatable bonds is 5. The van der Waals surface area contributed by atoms with Gasteiger partial charge in [0.1, 0.15) is 0 Å². The van der Waals surface area contributed by atoms with Crippen LogP contribution in [0.2, 0.25) is 0 Å². The van der Waals surface area contributed by atoms with Crippen molar-refractivity contribution in [2.24, 2.45) is 0 Å². The minimum absolute atomic E-state index is 0.0127. The number of β-amino-alcohol motifs (C(OH)–C–C–N with tert-alkyl or cyclic N) is 1. The van der Waals surface area contributed by atoms with E-state index in [9.17, 15) is 9.90 Å². The number of aryl methyl sites for hydroxylation is 1. The van der Waals surface area contributed by atoms with Crippen LogP contribution in [0.25, 0.3) is 0 Å². The lowest BCUT2D eigenvalue weighted by atomic mass is 9.91. The second-order valence-corrected chi connectivity index (χ2v) is 5.49. The van der Waals surface area contributed by atoms with Gasteiger partial charge in [-0.05, 0) is 18.9 Å². The zero-order chi connectivity index (χ0) is 13.9. The lowest BCUT2D eigenvalue weighted by Gasteiger charge is -2.45. The number of hydrogen-bond acceptors (Lipinski definition) is 3. The molecule has 0 radical (unpaired) electrons. The lowest BCUT2D eigenvalue weighted by molar-refractivity contribution is -0.133. The first-order valence-electron chi connectivity index (χ1n) is 6.78. The third kappa shape index (κ3) is 3.78. The summed E-state index contributed by atoms with van der Waals surface area (Å²) in [5, 5.41) is 12.8. The average Bonchev–Trinajstić information content (AvgIpc) is 2.36. The van der Waals surface area contributed by atoms with Crippen molar-refractivity contribution in [2.75, 3.05) is 19.6 Å². The Balaban J connectivity index is 1.70. The van der Waals surface area contributed by atoms with Gasteiger partial charge in [0.25, 0.3) is 0 Å². The van der Waals surface area contributed by atoms with Crippen LogP contribution in [-0.2, 0) is 11.3 Å². The highest BCUT2D eigenvalue weighted by Gasteiger charge is 2.39. The van der Waals surface area contributed by atoms with Crippen molar-refractivity contribution < 1.29 is 9.90 Å². The Hall–Kier alpha value is -1.39. The molecule has 0 atom stereocenters. The van der Waals surface area contributed by atoms with Crippen molar-refractivity contribution >= 4 is 5.91 Å². The summed E-state index contributed by atoms with van der Waals surface area (Å²) in [6.45, 7) is 6.14. The highest BCUT2D eigenvalue weighted by atomic mass is 16.3. The number of benzene rings is 1. The molecule has 0 unspecified atom stereocenters. The zero-order valence-electron chi connectivity index (χ0n) is 11.6. The Kier molecular flexibility index (Phi) is 4.22. The molecule has 1 fully saturated rings. The third-order valence-corrected chi connectivity index (χ3v) is 3.67. The topological polar surface area (TPSA) is 52.6 Å². The molecule has 2 rings (SSSR count). The summed E-state index contributed by atoms with van der Waals surface area (Å²) in [6.07, 6.45) is 0.745. The van der Waals surface area contributed by atoms with Gasteiger partial charge in [-0.2, -0.15) is 0 Å². The van der Waals surface area contributed by atoms with Crippen molar-refractivity contribution in [1.82, 2.24) is 10.2 Å². The van der Waals surface area contributed by atoms with Crippen LogP contribution in [0.1, 0.15) is 24.5 Å². The van der Waals surface area contributed by atoms with E-state index in [1.54, 1.807) is 0 Å². The largest absolute Gasteiger partial charge is 0.387 e. The molecule has 0 saturated carbocycles. The van der Waals surface area contributed by atoms with E-state index >= 15 is 0 Å². The molecule has 1 saturated heterocycles. The van der Waals surface area contributed by atoms with E-state index in [-0.39, 0.29) is 5.91 Å². The van der Waals surface area contributed by atoms with Crippen LogP contribution in [0.4, 0.5) is 0 Å². The van der Waals surface area contributed by atoms with Gasteiger partial charge in [0.15, 0.2) is 0 Å². The molecule has 4 heteroatoms. The summed E-state index contributed by atoms with van der Waals surface area (Å²) in [5.41, 5.74) is 1.75. The molecule has 0 spiro atoms. The monoisotopic (exact) mass is 262 g/mol. The number of nitrogens with one attached hydrogen (secondary N) is 1. The van der Waals surface area contributed by atoms with E-state index in [1.807, 2.05) is 43.0 Å². The first-order valence-corrected chi connectivity index (χ1v) is 6.78. The van der Waals surface area contributed by atoms with Gasteiger partial charge in [-0.1, -0.05) is 36.8 Å². The maximum Gasteiger partial charge on any atom is 0.234 e. The Morgan fingerprint density at radius 2 is 2.00 bits per heavy atom. The molecular weight excluding hydrogens is 240 g/mol.